The average Bonchev–Trinajstić information content (AvgIpc) is 2.47. The van der Waals surface area contributed by atoms with Crippen LogP contribution in [0.25, 0.3) is 0 Å². The van der Waals surface area contributed by atoms with Crippen LogP contribution in [0.1, 0.15) is 44.0 Å². The molecule has 0 bridgehead atoms. The lowest BCUT2D eigenvalue weighted by Crippen LogP contribution is -1.97. The molecule has 0 unspecified atom stereocenters. The van der Waals surface area contributed by atoms with E-state index in [2.05, 4.69) is 25.8 Å². The summed E-state index contributed by atoms with van der Waals surface area (Å²) in [7, 11) is 0. The molecule has 1 aromatic rings. The van der Waals surface area contributed by atoms with Crippen molar-refractivity contribution in [3.63, 3.8) is 0 Å². The molecule has 1 aromatic heterocycles. The maximum atomic E-state index is 5.44. The van der Waals surface area contributed by atoms with E-state index < -0.39 is 0 Å². The SMILES string of the molecule is CCc1oc(CN)nc1C(C)C. The highest BCUT2D eigenvalue weighted by Gasteiger charge is 2.13. The van der Waals surface area contributed by atoms with Crippen LogP contribution < -0.4 is 5.73 Å². The van der Waals surface area contributed by atoms with E-state index in [0.717, 1.165) is 17.9 Å². The summed E-state index contributed by atoms with van der Waals surface area (Å²) in [5, 5.41) is 0. The predicted molar refractivity (Wildman–Crippen MR) is 47.9 cm³/mol. The summed E-state index contributed by atoms with van der Waals surface area (Å²) in [4.78, 5) is 4.31. The highest BCUT2D eigenvalue weighted by atomic mass is 16.4. The molecule has 1 rings (SSSR count). The number of nitrogens with two attached hydrogens (primary N) is 1. The third-order valence-electron chi connectivity index (χ3n) is 1.81. The Morgan fingerprint density at radius 3 is 2.50 bits per heavy atom. The monoisotopic (exact) mass is 168 g/mol. The highest BCUT2D eigenvalue weighted by Crippen LogP contribution is 2.19. The molecule has 1 heterocycles. The number of hydrogen-bond acceptors (Lipinski definition) is 3. The van der Waals surface area contributed by atoms with Crippen LogP contribution >= 0.6 is 0 Å². The first-order chi connectivity index (χ1) is 5.69. The second kappa shape index (κ2) is 3.72. The second-order valence-corrected chi connectivity index (χ2v) is 3.13. The lowest BCUT2D eigenvalue weighted by molar-refractivity contribution is 0.459. The summed E-state index contributed by atoms with van der Waals surface area (Å²) in [6.07, 6.45) is 0.889. The van der Waals surface area contributed by atoms with Crippen LogP contribution in [-0.4, -0.2) is 4.98 Å². The molecule has 3 nitrogen and oxygen atoms in total. The van der Waals surface area contributed by atoms with E-state index in [9.17, 15) is 0 Å². The summed E-state index contributed by atoms with van der Waals surface area (Å²) in [6.45, 7) is 6.67. The Morgan fingerprint density at radius 2 is 2.17 bits per heavy atom. The van der Waals surface area contributed by atoms with Gasteiger partial charge in [0.1, 0.15) is 5.76 Å². The van der Waals surface area contributed by atoms with Gasteiger partial charge < -0.3 is 10.2 Å². The molecule has 0 atom stereocenters. The Labute approximate surface area is 73.0 Å². The minimum Gasteiger partial charge on any atom is -0.444 e. The highest BCUT2D eigenvalue weighted by molar-refractivity contribution is 5.13. The van der Waals surface area contributed by atoms with Gasteiger partial charge in [-0.2, -0.15) is 0 Å². The zero-order valence-electron chi connectivity index (χ0n) is 7.92. The molecule has 12 heavy (non-hydrogen) atoms. The Bertz CT molecular complexity index is 253. The van der Waals surface area contributed by atoms with Crippen LogP contribution in [0, 0.1) is 0 Å². The van der Waals surface area contributed by atoms with Crippen molar-refractivity contribution in [3.8, 4) is 0 Å². The standard InChI is InChI=1S/C9H16N2O/c1-4-7-9(6(2)3)11-8(5-10)12-7/h6H,4-5,10H2,1-3H3. The number of nitrogens with zero attached hydrogens (tertiary/aromatic N) is 1. The fourth-order valence-electron chi connectivity index (χ4n) is 1.21. The lowest BCUT2D eigenvalue weighted by atomic mass is 10.1. The van der Waals surface area contributed by atoms with Gasteiger partial charge in [0.2, 0.25) is 5.89 Å². The molecule has 0 aliphatic heterocycles. The molecule has 0 aromatic carbocycles. The van der Waals surface area contributed by atoms with E-state index in [1.807, 2.05) is 0 Å². The fraction of sp³-hybridized carbons (Fsp3) is 0.667. The maximum absolute atomic E-state index is 5.44. The topological polar surface area (TPSA) is 52.0 Å². The van der Waals surface area contributed by atoms with Crippen LogP contribution in [0.2, 0.25) is 0 Å². The van der Waals surface area contributed by atoms with Gasteiger partial charge in [0.15, 0.2) is 0 Å². The van der Waals surface area contributed by atoms with E-state index in [1.165, 1.54) is 0 Å². The molecule has 0 radical (unpaired) electrons. The molecule has 0 saturated carbocycles. The van der Waals surface area contributed by atoms with Gasteiger partial charge in [0, 0.05) is 6.42 Å². The Kier molecular flexibility index (Phi) is 2.87. The molecule has 0 aliphatic rings. The number of oxazole rings is 1. The summed E-state index contributed by atoms with van der Waals surface area (Å²) in [5.41, 5.74) is 6.48. The van der Waals surface area contributed by atoms with E-state index in [4.69, 9.17) is 10.2 Å². The zero-order chi connectivity index (χ0) is 9.14. The maximum Gasteiger partial charge on any atom is 0.208 e. The normalized spacial score (nSPS) is 11.1. The van der Waals surface area contributed by atoms with Crippen LogP contribution in [-0.2, 0) is 13.0 Å². The molecule has 0 aliphatic carbocycles. The number of rotatable bonds is 3. The van der Waals surface area contributed by atoms with Crippen LogP contribution in [0.4, 0.5) is 0 Å². The molecule has 3 heteroatoms. The van der Waals surface area contributed by atoms with Crippen molar-refractivity contribution in [1.29, 1.82) is 0 Å². The minimum atomic E-state index is 0.389. The van der Waals surface area contributed by atoms with E-state index in [1.54, 1.807) is 0 Å². The first-order valence-corrected chi connectivity index (χ1v) is 4.37. The number of hydrogen-bond donors (Lipinski definition) is 1. The van der Waals surface area contributed by atoms with Crippen molar-refractivity contribution in [2.24, 2.45) is 5.73 Å². The van der Waals surface area contributed by atoms with Crippen molar-refractivity contribution < 1.29 is 4.42 Å². The summed E-state index contributed by atoms with van der Waals surface area (Å²) >= 11 is 0. The van der Waals surface area contributed by atoms with E-state index in [0.29, 0.717) is 18.4 Å². The summed E-state index contributed by atoms with van der Waals surface area (Å²) < 4.78 is 5.44. The predicted octanol–water partition coefficient (Wildman–Crippen LogP) is 1.82. The molecule has 2 N–H and O–H groups in total. The summed E-state index contributed by atoms with van der Waals surface area (Å²) in [5.74, 6) is 2.05. The smallest absolute Gasteiger partial charge is 0.208 e. The van der Waals surface area contributed by atoms with Gasteiger partial charge in [0.25, 0.3) is 0 Å². The van der Waals surface area contributed by atoms with Crippen LogP contribution in [0.5, 0.6) is 0 Å². The fourth-order valence-corrected chi connectivity index (χ4v) is 1.21. The van der Waals surface area contributed by atoms with Gasteiger partial charge in [-0.15, -0.1) is 0 Å². The lowest BCUT2D eigenvalue weighted by Gasteiger charge is -1.99. The Hall–Kier alpha value is -0.830. The molecule has 0 saturated heterocycles. The molecule has 68 valence electrons. The third kappa shape index (κ3) is 1.67. The van der Waals surface area contributed by atoms with E-state index in [-0.39, 0.29) is 0 Å². The number of aromatic nitrogens is 1. The average molecular weight is 168 g/mol. The second-order valence-electron chi connectivity index (χ2n) is 3.13. The third-order valence-corrected chi connectivity index (χ3v) is 1.81. The molecule has 0 amide bonds. The van der Waals surface area contributed by atoms with Crippen molar-refractivity contribution >= 4 is 0 Å². The largest absolute Gasteiger partial charge is 0.444 e. The molecular weight excluding hydrogens is 152 g/mol. The minimum absolute atomic E-state index is 0.389. The van der Waals surface area contributed by atoms with Gasteiger partial charge in [-0.3, -0.25) is 0 Å². The van der Waals surface area contributed by atoms with Crippen LogP contribution in [0.3, 0.4) is 0 Å². The van der Waals surface area contributed by atoms with E-state index >= 15 is 0 Å². The van der Waals surface area contributed by atoms with Gasteiger partial charge in [-0.25, -0.2) is 4.98 Å². The van der Waals surface area contributed by atoms with Crippen molar-refractivity contribution in [2.45, 2.75) is 39.7 Å². The molecule has 0 fully saturated rings. The van der Waals surface area contributed by atoms with Gasteiger partial charge in [0.05, 0.1) is 12.2 Å². The van der Waals surface area contributed by atoms with Crippen molar-refractivity contribution in [2.75, 3.05) is 0 Å². The first-order valence-electron chi connectivity index (χ1n) is 4.37. The van der Waals surface area contributed by atoms with Crippen molar-refractivity contribution in [1.82, 2.24) is 4.98 Å². The van der Waals surface area contributed by atoms with Gasteiger partial charge in [-0.1, -0.05) is 20.8 Å². The zero-order valence-corrected chi connectivity index (χ0v) is 7.92. The Balaban J connectivity index is 3.00. The van der Waals surface area contributed by atoms with Crippen molar-refractivity contribution in [3.05, 3.63) is 17.3 Å². The summed E-state index contributed by atoms with van der Waals surface area (Å²) in [6, 6.07) is 0. The molecule has 0 spiro atoms. The van der Waals surface area contributed by atoms with Gasteiger partial charge in [-0.05, 0) is 5.92 Å². The number of aryl methyl sites for hydroxylation is 1. The Morgan fingerprint density at radius 1 is 1.50 bits per heavy atom. The quantitative estimate of drug-likeness (QED) is 0.749. The van der Waals surface area contributed by atoms with Crippen LogP contribution in [0.15, 0.2) is 4.42 Å². The molecular formula is C9H16N2O. The first kappa shape index (κ1) is 9.26. The van der Waals surface area contributed by atoms with Gasteiger partial charge >= 0.3 is 0 Å².